The minimum atomic E-state index is -0.157. The third-order valence-electron chi connectivity index (χ3n) is 2.97. The summed E-state index contributed by atoms with van der Waals surface area (Å²) in [5.74, 6) is 0.0771. The number of hydrogen-bond acceptors (Lipinski definition) is 3. The molecule has 0 aromatic carbocycles. The summed E-state index contributed by atoms with van der Waals surface area (Å²) in [6.07, 6.45) is 3.78. The number of carbonyl (C=O) groups is 1. The zero-order valence-corrected chi connectivity index (χ0v) is 11.6. The molecule has 2 atom stereocenters. The van der Waals surface area contributed by atoms with Crippen molar-refractivity contribution in [1.82, 2.24) is 16.0 Å². The van der Waals surface area contributed by atoms with Crippen LogP contribution in [0.3, 0.4) is 0 Å². The van der Waals surface area contributed by atoms with Gasteiger partial charge in [-0.05, 0) is 47.1 Å². The van der Waals surface area contributed by atoms with Gasteiger partial charge in [-0.2, -0.15) is 0 Å². The molecule has 0 spiro atoms. The first-order valence-electron chi connectivity index (χ1n) is 6.67. The summed E-state index contributed by atoms with van der Waals surface area (Å²) >= 11 is 0. The van der Waals surface area contributed by atoms with Gasteiger partial charge in [0, 0.05) is 18.1 Å². The van der Waals surface area contributed by atoms with Crippen LogP contribution in [-0.2, 0) is 4.79 Å². The van der Waals surface area contributed by atoms with Crippen molar-refractivity contribution in [2.45, 2.75) is 64.6 Å². The van der Waals surface area contributed by atoms with E-state index >= 15 is 0 Å². The van der Waals surface area contributed by atoms with Gasteiger partial charge < -0.3 is 16.0 Å². The predicted octanol–water partition coefficient (Wildman–Crippen LogP) is 1.02. The Labute approximate surface area is 105 Å². The third kappa shape index (κ3) is 6.03. The smallest absolute Gasteiger partial charge is 0.237 e. The highest BCUT2D eigenvalue weighted by atomic mass is 16.2. The van der Waals surface area contributed by atoms with E-state index in [2.05, 4.69) is 16.0 Å². The Hall–Kier alpha value is -0.610. The molecule has 0 aromatic heterocycles. The quantitative estimate of drug-likeness (QED) is 0.689. The second-order valence-corrected chi connectivity index (χ2v) is 6.02. The lowest BCUT2D eigenvalue weighted by Gasteiger charge is -2.27. The molecule has 1 amide bonds. The fourth-order valence-electron chi connectivity index (χ4n) is 1.99. The van der Waals surface area contributed by atoms with Crippen molar-refractivity contribution in [3.63, 3.8) is 0 Å². The standard InChI is InChI=1S/C13H27N3O/c1-10(12(17)16-13(2,3)4)15-9-11-7-5-6-8-14-11/h10-11,14-15H,5-9H2,1-4H3,(H,16,17). The molecule has 0 bridgehead atoms. The van der Waals surface area contributed by atoms with E-state index < -0.39 is 0 Å². The van der Waals surface area contributed by atoms with Crippen LogP contribution in [0, 0.1) is 0 Å². The molecular formula is C13H27N3O. The second-order valence-electron chi connectivity index (χ2n) is 6.02. The number of nitrogens with one attached hydrogen (secondary N) is 3. The molecular weight excluding hydrogens is 214 g/mol. The summed E-state index contributed by atoms with van der Waals surface area (Å²) in [5, 5.41) is 9.75. The van der Waals surface area contributed by atoms with Gasteiger partial charge in [-0.3, -0.25) is 4.79 Å². The average Bonchev–Trinajstić information content (AvgIpc) is 2.25. The first-order valence-corrected chi connectivity index (χ1v) is 6.67. The van der Waals surface area contributed by atoms with Gasteiger partial charge in [0.15, 0.2) is 0 Å². The molecule has 100 valence electrons. The van der Waals surface area contributed by atoms with Crippen LogP contribution in [0.2, 0.25) is 0 Å². The highest BCUT2D eigenvalue weighted by molar-refractivity contribution is 5.81. The maximum atomic E-state index is 11.8. The molecule has 4 nitrogen and oxygen atoms in total. The van der Waals surface area contributed by atoms with E-state index in [4.69, 9.17) is 0 Å². The van der Waals surface area contributed by atoms with E-state index in [9.17, 15) is 4.79 Å². The maximum Gasteiger partial charge on any atom is 0.237 e. The van der Waals surface area contributed by atoms with Gasteiger partial charge in [0.2, 0.25) is 5.91 Å². The van der Waals surface area contributed by atoms with Crippen molar-refractivity contribution < 1.29 is 4.79 Å². The predicted molar refractivity (Wildman–Crippen MR) is 71.0 cm³/mol. The molecule has 0 radical (unpaired) electrons. The molecule has 1 heterocycles. The van der Waals surface area contributed by atoms with Gasteiger partial charge in [-0.1, -0.05) is 6.42 Å². The van der Waals surface area contributed by atoms with Crippen molar-refractivity contribution in [3.05, 3.63) is 0 Å². The summed E-state index contributed by atoms with van der Waals surface area (Å²) in [6.45, 7) is 9.90. The number of carbonyl (C=O) groups excluding carboxylic acids is 1. The molecule has 1 rings (SSSR count). The molecule has 1 aliphatic heterocycles. The fourth-order valence-corrected chi connectivity index (χ4v) is 1.99. The normalized spacial score (nSPS) is 23.2. The van der Waals surface area contributed by atoms with Crippen molar-refractivity contribution >= 4 is 5.91 Å². The Bertz CT molecular complexity index is 242. The van der Waals surface area contributed by atoms with Gasteiger partial charge in [0.1, 0.15) is 0 Å². The van der Waals surface area contributed by atoms with Crippen LogP contribution in [0.15, 0.2) is 0 Å². The Morgan fingerprint density at radius 2 is 2.12 bits per heavy atom. The molecule has 1 saturated heterocycles. The van der Waals surface area contributed by atoms with E-state index in [-0.39, 0.29) is 17.5 Å². The number of piperidine rings is 1. The lowest BCUT2D eigenvalue weighted by molar-refractivity contribution is -0.124. The lowest BCUT2D eigenvalue weighted by atomic mass is 10.0. The zero-order chi connectivity index (χ0) is 12.9. The summed E-state index contributed by atoms with van der Waals surface area (Å²) < 4.78 is 0. The van der Waals surface area contributed by atoms with Gasteiger partial charge in [0.25, 0.3) is 0 Å². The molecule has 0 saturated carbocycles. The van der Waals surface area contributed by atoms with Crippen molar-refractivity contribution in [2.75, 3.05) is 13.1 Å². The van der Waals surface area contributed by atoms with Crippen LogP contribution < -0.4 is 16.0 Å². The highest BCUT2D eigenvalue weighted by Gasteiger charge is 2.20. The van der Waals surface area contributed by atoms with Crippen LogP contribution in [-0.4, -0.2) is 36.6 Å². The fraction of sp³-hybridized carbons (Fsp3) is 0.923. The van der Waals surface area contributed by atoms with Gasteiger partial charge in [-0.15, -0.1) is 0 Å². The summed E-state index contributed by atoms with van der Waals surface area (Å²) in [6, 6.07) is 0.395. The first kappa shape index (κ1) is 14.5. The van der Waals surface area contributed by atoms with Crippen LogP contribution >= 0.6 is 0 Å². The minimum Gasteiger partial charge on any atom is -0.350 e. The molecule has 17 heavy (non-hydrogen) atoms. The number of amides is 1. The van der Waals surface area contributed by atoms with Crippen molar-refractivity contribution in [2.24, 2.45) is 0 Å². The van der Waals surface area contributed by atoms with E-state index in [0.717, 1.165) is 13.1 Å². The van der Waals surface area contributed by atoms with Crippen LogP contribution in [0.4, 0.5) is 0 Å². The topological polar surface area (TPSA) is 53.2 Å². The molecule has 0 aliphatic carbocycles. The van der Waals surface area contributed by atoms with Crippen LogP contribution in [0.25, 0.3) is 0 Å². The van der Waals surface area contributed by atoms with E-state index in [1.807, 2.05) is 27.7 Å². The third-order valence-corrected chi connectivity index (χ3v) is 2.97. The average molecular weight is 241 g/mol. The monoisotopic (exact) mass is 241 g/mol. The lowest BCUT2D eigenvalue weighted by Crippen LogP contribution is -2.52. The van der Waals surface area contributed by atoms with Gasteiger partial charge in [0.05, 0.1) is 6.04 Å². The molecule has 0 aromatic rings. The van der Waals surface area contributed by atoms with Gasteiger partial charge >= 0.3 is 0 Å². The van der Waals surface area contributed by atoms with Crippen LogP contribution in [0.1, 0.15) is 47.0 Å². The van der Waals surface area contributed by atoms with E-state index in [0.29, 0.717) is 6.04 Å². The summed E-state index contributed by atoms with van der Waals surface area (Å²) in [5.41, 5.74) is -0.157. The second kappa shape index (κ2) is 6.36. The van der Waals surface area contributed by atoms with Crippen molar-refractivity contribution in [3.8, 4) is 0 Å². The van der Waals surface area contributed by atoms with E-state index in [1.54, 1.807) is 0 Å². The summed E-state index contributed by atoms with van der Waals surface area (Å²) in [7, 11) is 0. The SMILES string of the molecule is CC(NCC1CCCCN1)C(=O)NC(C)(C)C. The Balaban J connectivity index is 2.23. The molecule has 1 aliphatic rings. The Kier molecular flexibility index (Phi) is 5.40. The Morgan fingerprint density at radius 3 is 2.65 bits per heavy atom. The first-order chi connectivity index (χ1) is 7.88. The minimum absolute atomic E-state index is 0.0771. The number of hydrogen-bond donors (Lipinski definition) is 3. The van der Waals surface area contributed by atoms with Crippen molar-refractivity contribution in [1.29, 1.82) is 0 Å². The molecule has 2 unspecified atom stereocenters. The summed E-state index contributed by atoms with van der Waals surface area (Å²) in [4.78, 5) is 11.8. The largest absolute Gasteiger partial charge is 0.350 e. The Morgan fingerprint density at radius 1 is 1.41 bits per heavy atom. The maximum absolute atomic E-state index is 11.8. The zero-order valence-electron chi connectivity index (χ0n) is 11.6. The van der Waals surface area contributed by atoms with E-state index in [1.165, 1.54) is 19.3 Å². The molecule has 1 fully saturated rings. The number of rotatable bonds is 4. The van der Waals surface area contributed by atoms with Gasteiger partial charge in [-0.25, -0.2) is 0 Å². The molecule has 3 N–H and O–H groups in total. The van der Waals surface area contributed by atoms with Crippen LogP contribution in [0.5, 0.6) is 0 Å². The molecule has 4 heteroatoms. The highest BCUT2D eigenvalue weighted by Crippen LogP contribution is 2.06.